The number of pyridine rings is 1. The highest BCUT2D eigenvalue weighted by Crippen LogP contribution is 2.31. The van der Waals surface area contributed by atoms with E-state index in [9.17, 15) is 19.1 Å². The van der Waals surface area contributed by atoms with Crippen LogP contribution < -0.4 is 15.8 Å². The van der Waals surface area contributed by atoms with E-state index in [0.717, 1.165) is 17.2 Å². The number of rotatable bonds is 5. The second-order valence-corrected chi connectivity index (χ2v) is 9.02. The number of carbonyl (C=O) groups is 1. The lowest BCUT2D eigenvalue weighted by molar-refractivity contribution is 0.0697. The Hall–Kier alpha value is -4.20. The fourth-order valence-corrected chi connectivity index (χ4v) is 4.72. The molecule has 0 radical (unpaired) electrons. The average Bonchev–Trinajstić information content (AvgIpc) is 3.26. The highest BCUT2D eigenvalue weighted by molar-refractivity contribution is 5.94. The third-order valence-corrected chi connectivity index (χ3v) is 6.48. The van der Waals surface area contributed by atoms with Gasteiger partial charge in [0.1, 0.15) is 17.3 Å². The van der Waals surface area contributed by atoms with Crippen molar-refractivity contribution in [2.24, 2.45) is 0 Å². The molecule has 178 valence electrons. The van der Waals surface area contributed by atoms with Gasteiger partial charge in [0.2, 0.25) is 0 Å². The van der Waals surface area contributed by atoms with Crippen LogP contribution in [-0.4, -0.2) is 20.5 Å². The van der Waals surface area contributed by atoms with Crippen molar-refractivity contribution in [2.75, 3.05) is 10.2 Å². The zero-order chi connectivity index (χ0) is 24.9. The molecule has 1 aliphatic rings. The Balaban J connectivity index is 1.60. The van der Waals surface area contributed by atoms with Gasteiger partial charge in [0.25, 0.3) is 5.56 Å². The molecule has 8 heteroatoms. The third-order valence-electron chi connectivity index (χ3n) is 6.48. The minimum absolute atomic E-state index is 0.147. The van der Waals surface area contributed by atoms with Gasteiger partial charge in [0.05, 0.1) is 17.2 Å². The van der Waals surface area contributed by atoms with E-state index in [1.807, 2.05) is 32.0 Å². The van der Waals surface area contributed by atoms with Gasteiger partial charge in [-0.2, -0.15) is 0 Å². The van der Waals surface area contributed by atoms with Crippen LogP contribution in [0.15, 0.2) is 59.5 Å². The maximum Gasteiger partial charge on any atom is 0.337 e. The van der Waals surface area contributed by atoms with Gasteiger partial charge in [-0.25, -0.2) is 14.2 Å². The largest absolute Gasteiger partial charge is 0.478 e. The summed E-state index contributed by atoms with van der Waals surface area (Å²) in [4.78, 5) is 32.1. The summed E-state index contributed by atoms with van der Waals surface area (Å²) >= 11 is 0. The van der Waals surface area contributed by atoms with Crippen LogP contribution in [0.1, 0.15) is 51.1 Å². The molecule has 0 bridgehead atoms. The predicted molar refractivity (Wildman–Crippen MR) is 133 cm³/mol. The molecular weight excluding hydrogens is 447 g/mol. The molecule has 0 amide bonds. The number of fused-ring (bicyclic) bond motifs is 2. The molecule has 4 aromatic rings. The summed E-state index contributed by atoms with van der Waals surface area (Å²) in [6.45, 7) is 6.89. The van der Waals surface area contributed by atoms with Crippen molar-refractivity contribution in [3.05, 3.63) is 104 Å². The molecule has 2 N–H and O–H groups in total. The van der Waals surface area contributed by atoms with Crippen LogP contribution in [0.3, 0.4) is 0 Å². The van der Waals surface area contributed by atoms with Crippen LogP contribution in [0.5, 0.6) is 0 Å². The van der Waals surface area contributed by atoms with Crippen molar-refractivity contribution in [3.63, 3.8) is 0 Å². The van der Waals surface area contributed by atoms with Gasteiger partial charge in [-0.1, -0.05) is 24.3 Å². The molecule has 0 aliphatic carbocycles. The molecular formula is C27H25FN4O3. The monoisotopic (exact) mass is 472 g/mol. The van der Waals surface area contributed by atoms with Crippen molar-refractivity contribution in [1.82, 2.24) is 9.38 Å². The Kier molecular flexibility index (Phi) is 5.51. The zero-order valence-corrected chi connectivity index (χ0v) is 19.7. The Morgan fingerprint density at radius 3 is 2.46 bits per heavy atom. The lowest BCUT2D eigenvalue weighted by Gasteiger charge is -2.23. The van der Waals surface area contributed by atoms with Crippen LogP contribution in [0.2, 0.25) is 0 Å². The number of aromatic carboxylic acids is 1. The van der Waals surface area contributed by atoms with Crippen molar-refractivity contribution < 1.29 is 14.3 Å². The molecule has 7 nitrogen and oxygen atoms in total. The highest BCUT2D eigenvalue weighted by atomic mass is 19.1. The molecule has 0 fully saturated rings. The molecule has 0 spiro atoms. The standard InChI is InChI=1S/C27H25FN4O3/c1-15-10-21(17(3)29-23-9-8-20(28)11-22(23)27(34)35)25-30-24(16(2)26(33)32(25)12-15)31-13-18-6-4-5-7-19(18)14-31/h4-12,17,29H,13-14H2,1-3H3,(H,34,35)/t17-/m1/s1. The number of hydrogen-bond donors (Lipinski definition) is 2. The third kappa shape index (κ3) is 4.01. The second-order valence-electron chi connectivity index (χ2n) is 9.02. The van der Waals surface area contributed by atoms with E-state index in [4.69, 9.17) is 4.98 Å². The van der Waals surface area contributed by atoms with Gasteiger partial charge in [0.15, 0.2) is 0 Å². The average molecular weight is 473 g/mol. The Bertz CT molecular complexity index is 1520. The van der Waals surface area contributed by atoms with Crippen LogP contribution in [-0.2, 0) is 13.1 Å². The Morgan fingerprint density at radius 2 is 1.80 bits per heavy atom. The summed E-state index contributed by atoms with van der Waals surface area (Å²) in [5.74, 6) is -1.22. The van der Waals surface area contributed by atoms with Gasteiger partial charge in [-0.3, -0.25) is 9.20 Å². The molecule has 0 saturated carbocycles. The maximum absolute atomic E-state index is 13.7. The molecule has 5 rings (SSSR count). The van der Waals surface area contributed by atoms with Gasteiger partial charge in [-0.05, 0) is 61.7 Å². The highest BCUT2D eigenvalue weighted by Gasteiger charge is 2.25. The lowest BCUT2D eigenvalue weighted by Crippen LogP contribution is -2.27. The summed E-state index contributed by atoms with van der Waals surface area (Å²) < 4.78 is 15.2. The molecule has 2 aromatic carbocycles. The van der Waals surface area contributed by atoms with Crippen LogP contribution in [0.25, 0.3) is 5.65 Å². The molecule has 2 aromatic heterocycles. The van der Waals surface area contributed by atoms with Gasteiger partial charge in [0, 0.05) is 30.5 Å². The predicted octanol–water partition coefficient (Wildman–Crippen LogP) is 4.84. The Labute approximate surface area is 201 Å². The summed E-state index contributed by atoms with van der Waals surface area (Å²) in [7, 11) is 0. The summed E-state index contributed by atoms with van der Waals surface area (Å²) in [6.07, 6.45) is 1.76. The normalized spacial score (nSPS) is 13.7. The minimum Gasteiger partial charge on any atom is -0.478 e. The van der Waals surface area contributed by atoms with E-state index in [-0.39, 0.29) is 16.8 Å². The number of carboxylic acids is 1. The number of halogens is 1. The minimum atomic E-state index is -1.23. The quantitative estimate of drug-likeness (QED) is 0.432. The first-order chi connectivity index (χ1) is 16.7. The Morgan fingerprint density at radius 1 is 1.11 bits per heavy atom. The molecule has 3 heterocycles. The fraction of sp³-hybridized carbons (Fsp3) is 0.222. The van der Waals surface area contributed by atoms with Crippen LogP contribution in [0.4, 0.5) is 15.9 Å². The van der Waals surface area contributed by atoms with E-state index in [1.165, 1.54) is 23.3 Å². The van der Waals surface area contributed by atoms with Gasteiger partial charge in [-0.15, -0.1) is 0 Å². The summed E-state index contributed by atoms with van der Waals surface area (Å²) in [5, 5.41) is 12.7. The molecule has 1 aliphatic heterocycles. The van der Waals surface area contributed by atoms with Crippen molar-refractivity contribution in [1.29, 1.82) is 0 Å². The number of nitrogens with zero attached hydrogens (tertiary/aromatic N) is 3. The van der Waals surface area contributed by atoms with Gasteiger partial charge < -0.3 is 15.3 Å². The van der Waals surface area contributed by atoms with Crippen LogP contribution >= 0.6 is 0 Å². The first-order valence-corrected chi connectivity index (χ1v) is 11.4. The van der Waals surface area contributed by atoms with Crippen molar-refractivity contribution in [2.45, 2.75) is 39.9 Å². The number of aromatic nitrogens is 2. The van der Waals surface area contributed by atoms with E-state index in [1.54, 1.807) is 17.5 Å². The van der Waals surface area contributed by atoms with Gasteiger partial charge >= 0.3 is 5.97 Å². The number of hydrogen-bond acceptors (Lipinski definition) is 5. The first-order valence-electron chi connectivity index (χ1n) is 11.4. The molecule has 0 unspecified atom stereocenters. The van der Waals surface area contributed by atoms with E-state index in [2.05, 4.69) is 22.3 Å². The van der Waals surface area contributed by atoms with E-state index < -0.39 is 17.8 Å². The molecule has 1 atom stereocenters. The van der Waals surface area contributed by atoms with Crippen molar-refractivity contribution in [3.8, 4) is 0 Å². The summed E-state index contributed by atoms with van der Waals surface area (Å²) in [6, 6.07) is 13.3. The van der Waals surface area contributed by atoms with Crippen LogP contribution in [0, 0.1) is 19.7 Å². The van der Waals surface area contributed by atoms with E-state index >= 15 is 0 Å². The number of carboxylic acid groups (broad SMARTS) is 1. The van der Waals surface area contributed by atoms with E-state index in [0.29, 0.717) is 30.1 Å². The SMILES string of the molecule is Cc1cc([C@@H](C)Nc2ccc(F)cc2C(=O)O)c2nc(N3Cc4ccccc4C3)c(C)c(=O)n2c1. The fourth-order valence-electron chi connectivity index (χ4n) is 4.72. The number of anilines is 2. The zero-order valence-electron chi connectivity index (χ0n) is 19.7. The smallest absolute Gasteiger partial charge is 0.337 e. The van der Waals surface area contributed by atoms with Crippen molar-refractivity contribution >= 4 is 23.1 Å². The first kappa shape index (κ1) is 22.6. The second kappa shape index (κ2) is 8.54. The number of aryl methyl sites for hydroxylation is 1. The lowest BCUT2D eigenvalue weighted by atomic mass is 10.1. The molecule has 35 heavy (non-hydrogen) atoms. The summed E-state index contributed by atoms with van der Waals surface area (Å²) in [5.41, 5.74) is 5.07. The maximum atomic E-state index is 13.7. The number of nitrogens with one attached hydrogen (secondary N) is 1. The number of benzene rings is 2. The topological polar surface area (TPSA) is 86.9 Å². The molecule has 0 saturated heterocycles.